The molecule has 1 aromatic carbocycles. The average Bonchev–Trinajstić information content (AvgIpc) is 3.05. The van der Waals surface area contributed by atoms with Crippen LogP contribution in [0, 0.1) is 5.92 Å². The molecule has 1 aromatic heterocycles. The smallest absolute Gasteiger partial charge is 0.308 e. The van der Waals surface area contributed by atoms with Gasteiger partial charge in [-0.2, -0.15) is 5.10 Å². The van der Waals surface area contributed by atoms with E-state index >= 15 is 0 Å². The maximum Gasteiger partial charge on any atom is 0.308 e. The number of aromatic amines is 1. The predicted molar refractivity (Wildman–Crippen MR) is 79.8 cm³/mol. The van der Waals surface area contributed by atoms with Crippen molar-refractivity contribution in [1.29, 1.82) is 0 Å². The molecule has 0 radical (unpaired) electrons. The molecule has 3 rings (SSSR count). The van der Waals surface area contributed by atoms with Gasteiger partial charge in [0.1, 0.15) is 5.82 Å². The highest BCUT2D eigenvalue weighted by atomic mass is 79.9. The number of carbonyl (C=O) groups is 2. The van der Waals surface area contributed by atoms with E-state index in [2.05, 4.69) is 26.1 Å². The van der Waals surface area contributed by atoms with Crippen LogP contribution in [-0.2, 0) is 9.59 Å². The summed E-state index contributed by atoms with van der Waals surface area (Å²) in [5.74, 6) is -1.30. The van der Waals surface area contributed by atoms with E-state index in [1.54, 1.807) is 6.20 Å². The average molecular weight is 350 g/mol. The molecule has 7 heteroatoms. The summed E-state index contributed by atoms with van der Waals surface area (Å²) in [6.07, 6.45) is 1.65. The summed E-state index contributed by atoms with van der Waals surface area (Å²) in [6.45, 7) is 0.161. The molecule has 0 aliphatic carbocycles. The molecule has 2 heterocycles. The summed E-state index contributed by atoms with van der Waals surface area (Å²) in [4.78, 5) is 24.6. The zero-order valence-electron chi connectivity index (χ0n) is 10.9. The Balaban J connectivity index is 1.99. The minimum atomic E-state index is -0.951. The maximum atomic E-state index is 12.1. The van der Waals surface area contributed by atoms with Crippen molar-refractivity contribution in [3.8, 4) is 11.1 Å². The standard InChI is InChI=1S/C14H12BrN3O3/c15-11-4-2-1-3-9(11)10-6-16-17-13(10)18-7-8(14(20)21)5-12(18)19/h1-4,6,8H,5,7H2,(H,16,17)(H,20,21). The van der Waals surface area contributed by atoms with Gasteiger partial charge in [-0.25, -0.2) is 0 Å². The van der Waals surface area contributed by atoms with Crippen molar-refractivity contribution in [3.63, 3.8) is 0 Å². The van der Waals surface area contributed by atoms with E-state index in [1.165, 1.54) is 4.90 Å². The van der Waals surface area contributed by atoms with E-state index in [1.807, 2.05) is 24.3 Å². The third-order valence-electron chi connectivity index (χ3n) is 3.53. The summed E-state index contributed by atoms with van der Waals surface area (Å²) in [6, 6.07) is 7.60. The molecule has 1 aliphatic rings. The Kier molecular flexibility index (Phi) is 3.50. The van der Waals surface area contributed by atoms with Crippen LogP contribution in [0.4, 0.5) is 5.82 Å². The van der Waals surface area contributed by atoms with Crippen molar-refractivity contribution >= 4 is 33.6 Å². The number of hydrogen-bond donors (Lipinski definition) is 2. The number of anilines is 1. The maximum absolute atomic E-state index is 12.1. The molecule has 0 spiro atoms. The third kappa shape index (κ3) is 2.44. The van der Waals surface area contributed by atoms with Gasteiger partial charge >= 0.3 is 5.97 Å². The first-order valence-electron chi connectivity index (χ1n) is 6.39. The van der Waals surface area contributed by atoms with Crippen LogP contribution in [0.3, 0.4) is 0 Å². The van der Waals surface area contributed by atoms with Gasteiger partial charge in [0, 0.05) is 28.6 Å². The lowest BCUT2D eigenvalue weighted by Gasteiger charge is -2.16. The molecule has 108 valence electrons. The fourth-order valence-corrected chi connectivity index (χ4v) is 2.95. The lowest BCUT2D eigenvalue weighted by atomic mass is 10.1. The molecule has 1 aliphatic heterocycles. The molecule has 6 nitrogen and oxygen atoms in total. The number of hydrogen-bond acceptors (Lipinski definition) is 3. The first kappa shape index (κ1) is 13.8. The molecule has 0 saturated carbocycles. The number of carbonyl (C=O) groups excluding carboxylic acids is 1. The number of aromatic nitrogens is 2. The van der Waals surface area contributed by atoms with Gasteiger partial charge < -0.3 is 5.11 Å². The molecule has 2 aromatic rings. The Labute approximate surface area is 128 Å². The van der Waals surface area contributed by atoms with Crippen molar-refractivity contribution in [2.75, 3.05) is 11.4 Å². The van der Waals surface area contributed by atoms with Gasteiger partial charge in [0.2, 0.25) is 5.91 Å². The number of amides is 1. The quantitative estimate of drug-likeness (QED) is 0.889. The molecule has 1 atom stereocenters. The van der Waals surface area contributed by atoms with E-state index in [0.717, 1.165) is 15.6 Å². The van der Waals surface area contributed by atoms with Gasteiger partial charge in [0.15, 0.2) is 0 Å². The monoisotopic (exact) mass is 349 g/mol. The number of aliphatic carboxylic acids is 1. The summed E-state index contributed by atoms with van der Waals surface area (Å²) in [5.41, 5.74) is 1.66. The topological polar surface area (TPSA) is 86.3 Å². The SMILES string of the molecule is O=C(O)C1CC(=O)N(c2[nH]ncc2-c2ccccc2Br)C1. The Morgan fingerprint density at radius 2 is 2.14 bits per heavy atom. The van der Waals surface area contributed by atoms with Gasteiger partial charge in [0.05, 0.1) is 12.1 Å². The van der Waals surface area contributed by atoms with Gasteiger partial charge in [-0.3, -0.25) is 19.6 Å². The van der Waals surface area contributed by atoms with Crippen LogP contribution in [0.1, 0.15) is 6.42 Å². The van der Waals surface area contributed by atoms with Crippen molar-refractivity contribution in [2.45, 2.75) is 6.42 Å². The van der Waals surface area contributed by atoms with E-state index in [0.29, 0.717) is 5.82 Å². The van der Waals surface area contributed by atoms with Crippen LogP contribution < -0.4 is 4.90 Å². The zero-order valence-corrected chi connectivity index (χ0v) is 12.5. The number of H-pyrrole nitrogens is 1. The Bertz CT molecular complexity index is 713. The van der Waals surface area contributed by atoms with Gasteiger partial charge in [-0.1, -0.05) is 34.1 Å². The van der Waals surface area contributed by atoms with Gasteiger partial charge in [-0.05, 0) is 6.07 Å². The van der Waals surface area contributed by atoms with Crippen LogP contribution in [0.5, 0.6) is 0 Å². The van der Waals surface area contributed by atoms with Crippen molar-refractivity contribution in [3.05, 3.63) is 34.9 Å². The van der Waals surface area contributed by atoms with Crippen molar-refractivity contribution in [2.24, 2.45) is 5.92 Å². The minimum Gasteiger partial charge on any atom is -0.481 e. The first-order chi connectivity index (χ1) is 10.1. The van der Waals surface area contributed by atoms with E-state index in [-0.39, 0.29) is 18.9 Å². The van der Waals surface area contributed by atoms with E-state index in [4.69, 9.17) is 5.11 Å². The number of benzene rings is 1. The van der Waals surface area contributed by atoms with Gasteiger partial charge in [-0.15, -0.1) is 0 Å². The highest BCUT2D eigenvalue weighted by molar-refractivity contribution is 9.10. The lowest BCUT2D eigenvalue weighted by molar-refractivity contribution is -0.141. The minimum absolute atomic E-state index is 0.0176. The van der Waals surface area contributed by atoms with E-state index < -0.39 is 11.9 Å². The first-order valence-corrected chi connectivity index (χ1v) is 7.18. The molecule has 1 amide bonds. The summed E-state index contributed by atoms with van der Waals surface area (Å²) < 4.78 is 0.883. The highest BCUT2D eigenvalue weighted by Gasteiger charge is 2.36. The number of carboxylic acids is 1. The Morgan fingerprint density at radius 1 is 1.38 bits per heavy atom. The molecule has 2 N–H and O–H groups in total. The molecule has 1 saturated heterocycles. The van der Waals surface area contributed by atoms with E-state index in [9.17, 15) is 9.59 Å². The summed E-state index contributed by atoms with van der Waals surface area (Å²) >= 11 is 3.47. The van der Waals surface area contributed by atoms with Crippen molar-refractivity contribution < 1.29 is 14.7 Å². The second-order valence-electron chi connectivity index (χ2n) is 4.86. The molecule has 0 bridgehead atoms. The number of nitrogens with zero attached hydrogens (tertiary/aromatic N) is 2. The number of halogens is 1. The van der Waals surface area contributed by atoms with Gasteiger partial charge in [0.25, 0.3) is 0 Å². The fourth-order valence-electron chi connectivity index (χ4n) is 2.45. The van der Waals surface area contributed by atoms with Crippen LogP contribution in [0.25, 0.3) is 11.1 Å². The normalized spacial score (nSPS) is 18.2. The summed E-state index contributed by atoms with van der Waals surface area (Å²) in [5, 5.41) is 15.9. The molecule has 21 heavy (non-hydrogen) atoms. The van der Waals surface area contributed by atoms with Crippen LogP contribution in [-0.4, -0.2) is 33.7 Å². The van der Waals surface area contributed by atoms with Crippen molar-refractivity contribution in [1.82, 2.24) is 10.2 Å². The second kappa shape index (κ2) is 5.33. The predicted octanol–water partition coefficient (Wildman–Crippen LogP) is 2.28. The lowest BCUT2D eigenvalue weighted by Crippen LogP contribution is -2.26. The zero-order chi connectivity index (χ0) is 15.0. The van der Waals surface area contributed by atoms with Crippen LogP contribution >= 0.6 is 15.9 Å². The number of rotatable bonds is 3. The Morgan fingerprint density at radius 3 is 2.81 bits per heavy atom. The molecular weight excluding hydrogens is 338 g/mol. The second-order valence-corrected chi connectivity index (χ2v) is 5.71. The Hall–Kier alpha value is -2.15. The third-order valence-corrected chi connectivity index (χ3v) is 4.22. The van der Waals surface area contributed by atoms with Crippen LogP contribution in [0.15, 0.2) is 34.9 Å². The number of carboxylic acid groups (broad SMARTS) is 1. The molecule has 1 fully saturated rings. The molecular formula is C14H12BrN3O3. The fraction of sp³-hybridized carbons (Fsp3) is 0.214. The molecule has 1 unspecified atom stereocenters. The largest absolute Gasteiger partial charge is 0.481 e. The number of nitrogens with one attached hydrogen (secondary N) is 1. The summed E-state index contributed by atoms with van der Waals surface area (Å²) in [7, 11) is 0. The highest BCUT2D eigenvalue weighted by Crippen LogP contribution is 2.36. The van der Waals surface area contributed by atoms with Crippen LogP contribution in [0.2, 0.25) is 0 Å².